The van der Waals surface area contributed by atoms with Crippen molar-refractivity contribution in [2.75, 3.05) is 0 Å². The van der Waals surface area contributed by atoms with Crippen LogP contribution in [0.2, 0.25) is 0 Å². The Hall–Kier alpha value is -1.70. The van der Waals surface area contributed by atoms with Crippen molar-refractivity contribution in [1.82, 2.24) is 0 Å². The molecule has 1 saturated carbocycles. The normalized spacial score (nSPS) is 25.4. The minimum absolute atomic E-state index is 0.0344. The number of carbonyl (C=O) groups is 2. The highest BCUT2D eigenvalue weighted by Crippen LogP contribution is 2.50. The minimum Gasteiger partial charge on any atom is -0.295 e. The van der Waals surface area contributed by atoms with Gasteiger partial charge in [0.15, 0.2) is 11.6 Å². The predicted molar refractivity (Wildman–Crippen MR) is 79.2 cm³/mol. The van der Waals surface area contributed by atoms with Crippen LogP contribution in [0.1, 0.15) is 44.9 Å². The average Bonchev–Trinajstić information content (AvgIpc) is 2.49. The number of carbonyl (C=O) groups excluding carboxylic acids is 2. The topological polar surface area (TPSA) is 34.1 Å². The van der Waals surface area contributed by atoms with E-state index in [1.807, 2.05) is 12.2 Å². The van der Waals surface area contributed by atoms with E-state index < -0.39 is 0 Å². The molecule has 0 aromatic heterocycles. The zero-order valence-corrected chi connectivity index (χ0v) is 11.7. The molecule has 0 N–H and O–H groups in total. The number of rotatable bonds is 2. The molecule has 0 amide bonds. The van der Waals surface area contributed by atoms with Gasteiger partial charge in [0.1, 0.15) is 0 Å². The molecule has 0 radical (unpaired) electrons. The summed E-state index contributed by atoms with van der Waals surface area (Å²) in [5.74, 6) is 0.367. The molecule has 3 aliphatic rings. The number of hydrogen-bond donors (Lipinski definition) is 0. The highest BCUT2D eigenvalue weighted by atomic mass is 16.1. The van der Waals surface area contributed by atoms with Crippen molar-refractivity contribution >= 4 is 11.6 Å². The van der Waals surface area contributed by atoms with Crippen LogP contribution in [0.25, 0.3) is 0 Å². The summed E-state index contributed by atoms with van der Waals surface area (Å²) >= 11 is 0. The maximum atomic E-state index is 11.4. The Morgan fingerprint density at radius 3 is 1.60 bits per heavy atom. The SMILES string of the molecule is O=C1C=CC(C2(C3=CCC(=O)C=C3)CCCCC2)=CC1. The van der Waals surface area contributed by atoms with Crippen LogP contribution in [-0.2, 0) is 9.59 Å². The van der Waals surface area contributed by atoms with Gasteiger partial charge in [-0.05, 0) is 36.1 Å². The summed E-state index contributed by atoms with van der Waals surface area (Å²) < 4.78 is 0. The second-order valence-corrected chi connectivity index (χ2v) is 5.97. The summed E-state index contributed by atoms with van der Waals surface area (Å²) in [6.45, 7) is 0. The van der Waals surface area contributed by atoms with E-state index in [0.717, 1.165) is 12.8 Å². The third kappa shape index (κ3) is 2.35. The molecule has 0 bridgehead atoms. The third-order valence-corrected chi connectivity index (χ3v) is 4.76. The van der Waals surface area contributed by atoms with Crippen LogP contribution in [0, 0.1) is 5.41 Å². The van der Waals surface area contributed by atoms with Gasteiger partial charge in [-0.2, -0.15) is 0 Å². The molecule has 0 atom stereocenters. The lowest BCUT2D eigenvalue weighted by Gasteiger charge is -2.41. The minimum atomic E-state index is 0.0344. The molecule has 104 valence electrons. The van der Waals surface area contributed by atoms with Gasteiger partial charge >= 0.3 is 0 Å². The number of ketones is 2. The quantitative estimate of drug-likeness (QED) is 0.762. The molecule has 1 fully saturated rings. The second-order valence-electron chi connectivity index (χ2n) is 5.97. The van der Waals surface area contributed by atoms with Crippen LogP contribution >= 0.6 is 0 Å². The summed E-state index contributed by atoms with van der Waals surface area (Å²) in [6.07, 6.45) is 18.6. The monoisotopic (exact) mass is 268 g/mol. The van der Waals surface area contributed by atoms with Gasteiger partial charge in [-0.15, -0.1) is 0 Å². The molecule has 3 rings (SSSR count). The molecule has 0 aromatic rings. The molecule has 20 heavy (non-hydrogen) atoms. The molecule has 0 saturated heterocycles. The Bertz CT molecular complexity index is 508. The van der Waals surface area contributed by atoms with Crippen molar-refractivity contribution in [3.05, 3.63) is 47.6 Å². The smallest absolute Gasteiger partial charge is 0.159 e. The summed E-state index contributed by atoms with van der Waals surface area (Å²) in [5, 5.41) is 0. The lowest BCUT2D eigenvalue weighted by atomic mass is 9.62. The van der Waals surface area contributed by atoms with Crippen molar-refractivity contribution < 1.29 is 9.59 Å². The van der Waals surface area contributed by atoms with Gasteiger partial charge in [0, 0.05) is 18.3 Å². The Kier molecular flexibility index (Phi) is 3.56. The van der Waals surface area contributed by atoms with Crippen molar-refractivity contribution in [2.45, 2.75) is 44.9 Å². The van der Waals surface area contributed by atoms with Gasteiger partial charge in [0.2, 0.25) is 0 Å². The average molecular weight is 268 g/mol. The van der Waals surface area contributed by atoms with Crippen LogP contribution < -0.4 is 0 Å². The molecular weight excluding hydrogens is 248 g/mol. The highest BCUT2D eigenvalue weighted by molar-refractivity contribution is 5.94. The maximum absolute atomic E-state index is 11.4. The summed E-state index contributed by atoms with van der Waals surface area (Å²) in [6, 6.07) is 0. The first-order valence-corrected chi connectivity index (χ1v) is 7.54. The van der Waals surface area contributed by atoms with E-state index in [0.29, 0.717) is 12.8 Å². The number of hydrogen-bond acceptors (Lipinski definition) is 2. The lowest BCUT2D eigenvalue weighted by molar-refractivity contribution is -0.114. The largest absolute Gasteiger partial charge is 0.295 e. The van der Waals surface area contributed by atoms with Crippen molar-refractivity contribution in [3.63, 3.8) is 0 Å². The first-order chi connectivity index (χ1) is 9.71. The molecule has 0 heterocycles. The fourth-order valence-corrected chi connectivity index (χ4v) is 3.67. The third-order valence-electron chi connectivity index (χ3n) is 4.76. The van der Waals surface area contributed by atoms with E-state index in [1.54, 1.807) is 12.2 Å². The molecular formula is C18H20O2. The fraction of sp³-hybridized carbons (Fsp3) is 0.444. The van der Waals surface area contributed by atoms with Crippen molar-refractivity contribution in [3.8, 4) is 0 Å². The maximum Gasteiger partial charge on any atom is 0.159 e. The van der Waals surface area contributed by atoms with Crippen molar-refractivity contribution in [2.24, 2.45) is 5.41 Å². The van der Waals surface area contributed by atoms with E-state index >= 15 is 0 Å². The van der Waals surface area contributed by atoms with Crippen LogP contribution in [0.4, 0.5) is 0 Å². The fourth-order valence-electron chi connectivity index (χ4n) is 3.67. The Morgan fingerprint density at radius 1 is 0.700 bits per heavy atom. The zero-order valence-electron chi connectivity index (χ0n) is 11.7. The van der Waals surface area contributed by atoms with Crippen LogP contribution in [0.15, 0.2) is 47.6 Å². The van der Waals surface area contributed by atoms with E-state index in [9.17, 15) is 9.59 Å². The van der Waals surface area contributed by atoms with Crippen LogP contribution in [-0.4, -0.2) is 11.6 Å². The molecule has 2 heteroatoms. The van der Waals surface area contributed by atoms with Gasteiger partial charge < -0.3 is 0 Å². The van der Waals surface area contributed by atoms with Gasteiger partial charge in [-0.1, -0.05) is 43.6 Å². The summed E-state index contributed by atoms with van der Waals surface area (Å²) in [5.41, 5.74) is 2.59. The molecule has 0 aromatic carbocycles. The lowest BCUT2D eigenvalue weighted by Crippen LogP contribution is -2.29. The Balaban J connectivity index is 1.97. The molecule has 0 aliphatic heterocycles. The molecule has 0 spiro atoms. The summed E-state index contributed by atoms with van der Waals surface area (Å²) in [4.78, 5) is 22.8. The first kappa shape index (κ1) is 13.3. The molecule has 2 nitrogen and oxygen atoms in total. The predicted octanol–water partition coefficient (Wildman–Crippen LogP) is 3.85. The van der Waals surface area contributed by atoms with Crippen LogP contribution in [0.5, 0.6) is 0 Å². The Morgan fingerprint density at radius 2 is 1.20 bits per heavy atom. The van der Waals surface area contributed by atoms with E-state index in [1.165, 1.54) is 30.4 Å². The second kappa shape index (κ2) is 5.35. The molecule has 3 aliphatic carbocycles. The highest BCUT2D eigenvalue weighted by Gasteiger charge is 2.38. The van der Waals surface area contributed by atoms with Gasteiger partial charge in [0.05, 0.1) is 0 Å². The van der Waals surface area contributed by atoms with E-state index in [4.69, 9.17) is 0 Å². The Labute approximate surface area is 119 Å². The molecule has 0 unspecified atom stereocenters. The standard InChI is InChI=1S/C18H20O2/c19-16-8-4-14(5-9-16)18(12-2-1-3-13-18)15-6-10-17(20)11-7-15/h4-8,10H,1-3,9,11-13H2. The van der Waals surface area contributed by atoms with Gasteiger partial charge in [-0.25, -0.2) is 0 Å². The van der Waals surface area contributed by atoms with Gasteiger partial charge in [0.25, 0.3) is 0 Å². The van der Waals surface area contributed by atoms with Crippen LogP contribution in [0.3, 0.4) is 0 Å². The van der Waals surface area contributed by atoms with Crippen molar-refractivity contribution in [1.29, 1.82) is 0 Å². The summed E-state index contributed by atoms with van der Waals surface area (Å²) in [7, 11) is 0. The first-order valence-electron chi connectivity index (χ1n) is 7.54. The van der Waals surface area contributed by atoms with Gasteiger partial charge in [-0.3, -0.25) is 9.59 Å². The van der Waals surface area contributed by atoms with E-state index in [2.05, 4.69) is 12.2 Å². The zero-order chi connectivity index (χ0) is 14.0. The number of allylic oxidation sites excluding steroid dienone is 8. The van der Waals surface area contributed by atoms with E-state index in [-0.39, 0.29) is 17.0 Å².